The molecule has 0 fully saturated rings. The zero-order valence-electron chi connectivity index (χ0n) is 13.0. The van der Waals surface area contributed by atoms with Gasteiger partial charge < -0.3 is 5.32 Å². The number of halogens is 1. The highest BCUT2D eigenvalue weighted by Crippen LogP contribution is 2.24. The van der Waals surface area contributed by atoms with Gasteiger partial charge in [0.25, 0.3) is 0 Å². The summed E-state index contributed by atoms with van der Waals surface area (Å²) >= 11 is 3.68. The van der Waals surface area contributed by atoms with E-state index >= 15 is 0 Å². The van der Waals surface area contributed by atoms with Crippen molar-refractivity contribution in [2.75, 3.05) is 6.54 Å². The van der Waals surface area contributed by atoms with E-state index in [0.29, 0.717) is 6.04 Å². The predicted molar refractivity (Wildman–Crippen MR) is 85.5 cm³/mol. The monoisotopic (exact) mass is 329 g/mol. The molecule has 0 saturated heterocycles. The molecule has 1 atom stereocenters. The predicted octanol–water partition coefficient (Wildman–Crippen LogP) is 3.84. The van der Waals surface area contributed by atoms with Gasteiger partial charge in [-0.3, -0.25) is 4.68 Å². The van der Waals surface area contributed by atoms with Crippen molar-refractivity contribution in [1.82, 2.24) is 15.1 Å². The largest absolute Gasteiger partial charge is 0.313 e. The van der Waals surface area contributed by atoms with Crippen LogP contribution in [0.25, 0.3) is 0 Å². The lowest BCUT2D eigenvalue weighted by atomic mass is 9.90. The molecule has 0 aliphatic rings. The van der Waals surface area contributed by atoms with Crippen molar-refractivity contribution in [2.24, 2.45) is 13.0 Å². The van der Waals surface area contributed by atoms with Crippen LogP contribution in [0.2, 0.25) is 0 Å². The lowest BCUT2D eigenvalue weighted by molar-refractivity contribution is 0.327. The van der Waals surface area contributed by atoms with E-state index in [2.05, 4.69) is 54.0 Å². The minimum Gasteiger partial charge on any atom is -0.313 e. The second-order valence-electron chi connectivity index (χ2n) is 5.31. The molecule has 1 aromatic rings. The molecule has 0 aliphatic heterocycles. The topological polar surface area (TPSA) is 29.9 Å². The van der Waals surface area contributed by atoms with Crippen molar-refractivity contribution >= 4 is 15.9 Å². The molecule has 110 valence electrons. The van der Waals surface area contributed by atoms with Crippen molar-refractivity contribution in [3.63, 3.8) is 0 Å². The Kier molecular flexibility index (Phi) is 7.08. The van der Waals surface area contributed by atoms with Crippen molar-refractivity contribution < 1.29 is 0 Å². The summed E-state index contributed by atoms with van der Waals surface area (Å²) in [6.45, 7) is 9.95. The van der Waals surface area contributed by atoms with Gasteiger partial charge in [-0.05, 0) is 41.7 Å². The molecule has 1 unspecified atom stereocenters. The van der Waals surface area contributed by atoms with E-state index in [1.165, 1.54) is 29.4 Å². The molecule has 1 N–H and O–H groups in total. The number of nitrogens with one attached hydrogen (secondary N) is 1. The molecule has 0 spiro atoms. The van der Waals surface area contributed by atoms with Gasteiger partial charge in [-0.15, -0.1) is 0 Å². The molecule has 0 saturated carbocycles. The van der Waals surface area contributed by atoms with Crippen LogP contribution in [0.1, 0.15) is 51.4 Å². The molecule has 4 heteroatoms. The Morgan fingerprint density at radius 1 is 1.26 bits per heavy atom. The summed E-state index contributed by atoms with van der Waals surface area (Å²) in [7, 11) is 2.04. The first-order chi connectivity index (χ1) is 9.04. The molecule has 0 aliphatic carbocycles. The average molecular weight is 330 g/mol. The van der Waals surface area contributed by atoms with Gasteiger partial charge in [0.05, 0.1) is 15.9 Å². The molecular formula is C15H28BrN3. The fraction of sp³-hybridized carbons (Fsp3) is 0.800. The number of hydrogen-bond acceptors (Lipinski definition) is 2. The molecular weight excluding hydrogens is 302 g/mol. The molecule has 1 rings (SSSR count). The summed E-state index contributed by atoms with van der Waals surface area (Å²) in [6.07, 6.45) is 4.69. The van der Waals surface area contributed by atoms with Crippen molar-refractivity contribution in [2.45, 2.75) is 59.4 Å². The van der Waals surface area contributed by atoms with Crippen LogP contribution in [-0.4, -0.2) is 22.4 Å². The fourth-order valence-electron chi connectivity index (χ4n) is 2.70. The van der Waals surface area contributed by atoms with Crippen LogP contribution < -0.4 is 5.32 Å². The highest BCUT2D eigenvalue weighted by Gasteiger charge is 2.22. The van der Waals surface area contributed by atoms with Crippen LogP contribution in [0.4, 0.5) is 0 Å². The molecule has 1 aromatic heterocycles. The van der Waals surface area contributed by atoms with E-state index in [-0.39, 0.29) is 0 Å². The van der Waals surface area contributed by atoms with Crippen molar-refractivity contribution in [3.05, 3.63) is 15.9 Å². The van der Waals surface area contributed by atoms with E-state index in [1.807, 2.05) is 11.7 Å². The molecule has 0 bridgehead atoms. The van der Waals surface area contributed by atoms with Gasteiger partial charge >= 0.3 is 0 Å². The molecule has 19 heavy (non-hydrogen) atoms. The minimum atomic E-state index is 0.543. The third kappa shape index (κ3) is 4.32. The zero-order chi connectivity index (χ0) is 14.4. The van der Waals surface area contributed by atoms with Crippen molar-refractivity contribution in [1.29, 1.82) is 0 Å². The van der Waals surface area contributed by atoms with E-state index in [0.717, 1.165) is 24.6 Å². The van der Waals surface area contributed by atoms with Gasteiger partial charge in [0.15, 0.2) is 0 Å². The van der Waals surface area contributed by atoms with E-state index < -0.39 is 0 Å². The van der Waals surface area contributed by atoms with Crippen LogP contribution in [0.3, 0.4) is 0 Å². The third-order valence-electron chi connectivity index (χ3n) is 3.95. The van der Waals surface area contributed by atoms with Gasteiger partial charge in [0.2, 0.25) is 0 Å². The van der Waals surface area contributed by atoms with Gasteiger partial charge in [-0.1, -0.05) is 33.6 Å². The second kappa shape index (κ2) is 8.05. The van der Waals surface area contributed by atoms with Crippen molar-refractivity contribution in [3.8, 4) is 0 Å². The number of aryl methyl sites for hydroxylation is 2. The molecule has 3 nitrogen and oxygen atoms in total. The minimum absolute atomic E-state index is 0.543. The van der Waals surface area contributed by atoms with Crippen LogP contribution in [0.15, 0.2) is 4.47 Å². The normalized spacial score (nSPS) is 13.2. The summed E-state index contributed by atoms with van der Waals surface area (Å²) in [4.78, 5) is 0. The Bertz CT molecular complexity index is 383. The van der Waals surface area contributed by atoms with E-state index in [9.17, 15) is 0 Å². The van der Waals surface area contributed by atoms with Crippen LogP contribution in [-0.2, 0) is 13.5 Å². The number of nitrogens with zero attached hydrogens (tertiary/aromatic N) is 2. The van der Waals surface area contributed by atoms with Gasteiger partial charge in [-0.25, -0.2) is 0 Å². The average Bonchev–Trinajstić information content (AvgIpc) is 2.63. The maximum absolute atomic E-state index is 4.50. The van der Waals surface area contributed by atoms with Gasteiger partial charge in [-0.2, -0.15) is 5.10 Å². The summed E-state index contributed by atoms with van der Waals surface area (Å²) < 4.78 is 3.19. The standard InChI is InChI=1S/C15H28BrN3/c1-6-9-17-13(12(7-2)8-3)10-14-15(16)11(4)18-19(14)5/h12-13,17H,6-10H2,1-5H3. The molecule has 0 aromatic carbocycles. The first-order valence-electron chi connectivity index (χ1n) is 7.46. The lowest BCUT2D eigenvalue weighted by Crippen LogP contribution is -2.38. The van der Waals surface area contributed by atoms with Crippen LogP contribution in [0, 0.1) is 12.8 Å². The van der Waals surface area contributed by atoms with Crippen LogP contribution >= 0.6 is 15.9 Å². The first-order valence-corrected chi connectivity index (χ1v) is 8.25. The number of hydrogen-bond donors (Lipinski definition) is 1. The Hall–Kier alpha value is -0.350. The summed E-state index contributed by atoms with van der Waals surface area (Å²) in [5.74, 6) is 0.730. The lowest BCUT2D eigenvalue weighted by Gasteiger charge is -2.26. The Morgan fingerprint density at radius 3 is 2.32 bits per heavy atom. The fourth-order valence-corrected chi connectivity index (χ4v) is 3.20. The Labute approximate surface area is 126 Å². The van der Waals surface area contributed by atoms with E-state index in [1.54, 1.807) is 0 Å². The second-order valence-corrected chi connectivity index (χ2v) is 6.10. The Balaban J connectivity index is 2.86. The zero-order valence-corrected chi connectivity index (χ0v) is 14.5. The summed E-state index contributed by atoms with van der Waals surface area (Å²) in [5, 5.41) is 8.22. The maximum Gasteiger partial charge on any atom is 0.0738 e. The van der Waals surface area contributed by atoms with Gasteiger partial charge in [0, 0.05) is 19.5 Å². The summed E-state index contributed by atoms with van der Waals surface area (Å²) in [6, 6.07) is 0.543. The highest BCUT2D eigenvalue weighted by atomic mass is 79.9. The quantitative estimate of drug-likeness (QED) is 0.785. The smallest absolute Gasteiger partial charge is 0.0738 e. The SMILES string of the molecule is CCCNC(Cc1c(Br)c(C)nn1C)C(CC)CC. The summed E-state index contributed by atoms with van der Waals surface area (Å²) in [5.41, 5.74) is 2.38. The molecule has 0 radical (unpaired) electrons. The van der Waals surface area contributed by atoms with Gasteiger partial charge in [0.1, 0.15) is 0 Å². The highest BCUT2D eigenvalue weighted by molar-refractivity contribution is 9.10. The Morgan fingerprint density at radius 2 is 1.89 bits per heavy atom. The number of aromatic nitrogens is 2. The molecule has 1 heterocycles. The third-order valence-corrected chi connectivity index (χ3v) is 4.98. The van der Waals surface area contributed by atoms with E-state index in [4.69, 9.17) is 0 Å². The van der Waals surface area contributed by atoms with Crippen LogP contribution in [0.5, 0.6) is 0 Å². The molecule has 0 amide bonds. The maximum atomic E-state index is 4.50. The number of rotatable bonds is 8. The first kappa shape index (κ1) is 16.7.